The second-order valence-electron chi connectivity index (χ2n) is 4.92. The van der Waals surface area contributed by atoms with Gasteiger partial charge in [-0.05, 0) is 24.0 Å². The highest BCUT2D eigenvalue weighted by Gasteiger charge is 2.26. The molecule has 1 unspecified atom stereocenters. The average Bonchev–Trinajstić information content (AvgIpc) is 2.48. The summed E-state index contributed by atoms with van der Waals surface area (Å²) in [6, 6.07) is 19.3. The number of aliphatic hydroxyl groups excluding tert-OH is 1. The molecule has 0 aliphatic rings. The van der Waals surface area contributed by atoms with E-state index in [9.17, 15) is 9.90 Å². The van der Waals surface area contributed by atoms with E-state index in [-0.39, 0.29) is 5.92 Å². The van der Waals surface area contributed by atoms with Gasteiger partial charge in [0, 0.05) is 5.92 Å². The lowest BCUT2D eigenvalue weighted by Crippen LogP contribution is -2.32. The normalized spacial score (nSPS) is 12.3. The van der Waals surface area contributed by atoms with Gasteiger partial charge in [0.15, 0.2) is 6.10 Å². The van der Waals surface area contributed by atoms with E-state index in [2.05, 4.69) is 0 Å². The second-order valence-corrected chi connectivity index (χ2v) is 4.92. The Morgan fingerprint density at radius 1 is 0.850 bits per heavy atom. The zero-order valence-electron chi connectivity index (χ0n) is 11.1. The van der Waals surface area contributed by atoms with Crippen molar-refractivity contribution in [3.8, 4) is 0 Å². The molecule has 1 atom stereocenters. The zero-order chi connectivity index (χ0) is 14.4. The van der Waals surface area contributed by atoms with Crippen LogP contribution in [0.5, 0.6) is 0 Å². The van der Waals surface area contributed by atoms with Crippen molar-refractivity contribution in [3.63, 3.8) is 0 Å². The van der Waals surface area contributed by atoms with Gasteiger partial charge in [0.05, 0.1) is 0 Å². The summed E-state index contributed by atoms with van der Waals surface area (Å²) in [4.78, 5) is 11.1. The molecule has 0 heterocycles. The maximum atomic E-state index is 11.1. The highest BCUT2D eigenvalue weighted by atomic mass is 16.4. The van der Waals surface area contributed by atoms with Crippen molar-refractivity contribution in [1.82, 2.24) is 0 Å². The van der Waals surface area contributed by atoms with Gasteiger partial charge in [0.1, 0.15) is 0 Å². The summed E-state index contributed by atoms with van der Waals surface area (Å²) in [7, 11) is 0. The molecule has 0 radical (unpaired) electrons. The largest absolute Gasteiger partial charge is 0.479 e. The van der Waals surface area contributed by atoms with Crippen LogP contribution in [0.4, 0.5) is 0 Å². The smallest absolute Gasteiger partial charge is 0.332 e. The molecule has 0 fully saturated rings. The molecule has 2 aromatic carbocycles. The standard InChI is InChI=1S/C17H18O3/c18-16(17(19)20)15(11-13-7-3-1-4-8-13)12-14-9-5-2-6-10-14/h1-10,15-16,18H,11-12H2,(H,19,20). The summed E-state index contributed by atoms with van der Waals surface area (Å²) in [5.41, 5.74) is 2.07. The Labute approximate surface area is 118 Å². The number of hydrogen-bond donors (Lipinski definition) is 2. The summed E-state index contributed by atoms with van der Waals surface area (Å²) < 4.78 is 0. The molecular weight excluding hydrogens is 252 g/mol. The first-order valence-corrected chi connectivity index (χ1v) is 6.65. The van der Waals surface area contributed by atoms with E-state index < -0.39 is 12.1 Å². The summed E-state index contributed by atoms with van der Waals surface area (Å²) >= 11 is 0. The lowest BCUT2D eigenvalue weighted by atomic mass is 9.88. The van der Waals surface area contributed by atoms with Gasteiger partial charge in [-0.3, -0.25) is 0 Å². The Morgan fingerprint density at radius 3 is 1.60 bits per heavy atom. The van der Waals surface area contributed by atoms with Crippen molar-refractivity contribution >= 4 is 5.97 Å². The predicted octanol–water partition coefficient (Wildman–Crippen LogP) is 2.53. The van der Waals surface area contributed by atoms with Gasteiger partial charge in [0.25, 0.3) is 0 Å². The van der Waals surface area contributed by atoms with Crippen molar-refractivity contribution in [2.45, 2.75) is 18.9 Å². The number of aliphatic hydroxyl groups is 1. The minimum absolute atomic E-state index is 0.336. The zero-order valence-corrected chi connectivity index (χ0v) is 11.1. The van der Waals surface area contributed by atoms with Crippen LogP contribution < -0.4 is 0 Å². The minimum Gasteiger partial charge on any atom is -0.479 e. The molecule has 0 aromatic heterocycles. The number of carboxylic acids is 1. The van der Waals surface area contributed by atoms with Crippen LogP contribution in [0.1, 0.15) is 11.1 Å². The number of aliphatic carboxylic acids is 1. The maximum Gasteiger partial charge on any atom is 0.332 e. The predicted molar refractivity (Wildman–Crippen MR) is 77.4 cm³/mol. The van der Waals surface area contributed by atoms with Gasteiger partial charge >= 0.3 is 5.97 Å². The number of hydrogen-bond acceptors (Lipinski definition) is 2. The summed E-state index contributed by atoms with van der Waals surface area (Å²) in [6.45, 7) is 0. The molecular formula is C17H18O3. The molecule has 0 spiro atoms. The van der Waals surface area contributed by atoms with Crippen LogP contribution in [-0.4, -0.2) is 22.3 Å². The number of rotatable bonds is 6. The van der Waals surface area contributed by atoms with E-state index in [0.29, 0.717) is 12.8 Å². The van der Waals surface area contributed by atoms with Crippen LogP contribution in [0.3, 0.4) is 0 Å². The quantitative estimate of drug-likeness (QED) is 0.848. The van der Waals surface area contributed by atoms with Crippen LogP contribution in [0.2, 0.25) is 0 Å². The Bertz CT molecular complexity index is 495. The van der Waals surface area contributed by atoms with Gasteiger partial charge in [-0.25, -0.2) is 4.79 Å². The molecule has 3 heteroatoms. The van der Waals surface area contributed by atoms with Crippen molar-refractivity contribution in [2.75, 3.05) is 0 Å². The van der Waals surface area contributed by atoms with Crippen LogP contribution in [0.15, 0.2) is 60.7 Å². The van der Waals surface area contributed by atoms with Gasteiger partial charge in [-0.15, -0.1) is 0 Å². The molecule has 20 heavy (non-hydrogen) atoms. The van der Waals surface area contributed by atoms with Crippen LogP contribution in [-0.2, 0) is 17.6 Å². The third-order valence-electron chi connectivity index (χ3n) is 3.38. The molecule has 0 bridgehead atoms. The molecule has 3 nitrogen and oxygen atoms in total. The maximum absolute atomic E-state index is 11.1. The van der Waals surface area contributed by atoms with E-state index >= 15 is 0 Å². The van der Waals surface area contributed by atoms with Crippen molar-refractivity contribution < 1.29 is 15.0 Å². The fourth-order valence-electron chi connectivity index (χ4n) is 2.33. The molecule has 2 rings (SSSR count). The first kappa shape index (κ1) is 14.3. The first-order valence-electron chi connectivity index (χ1n) is 6.65. The number of carbonyl (C=O) groups is 1. The van der Waals surface area contributed by atoms with E-state index in [4.69, 9.17) is 5.11 Å². The molecule has 0 amide bonds. The Balaban J connectivity index is 2.14. The molecule has 0 saturated heterocycles. The van der Waals surface area contributed by atoms with Crippen molar-refractivity contribution in [2.24, 2.45) is 5.92 Å². The van der Waals surface area contributed by atoms with Crippen molar-refractivity contribution in [1.29, 1.82) is 0 Å². The van der Waals surface area contributed by atoms with Gasteiger partial charge in [-0.1, -0.05) is 60.7 Å². The molecule has 104 valence electrons. The minimum atomic E-state index is -1.35. The lowest BCUT2D eigenvalue weighted by molar-refractivity contribution is -0.149. The van der Waals surface area contributed by atoms with Crippen LogP contribution in [0, 0.1) is 5.92 Å². The van der Waals surface area contributed by atoms with E-state index in [1.54, 1.807) is 0 Å². The second kappa shape index (κ2) is 6.87. The molecule has 0 aliphatic carbocycles. The van der Waals surface area contributed by atoms with Crippen LogP contribution in [0.25, 0.3) is 0 Å². The topological polar surface area (TPSA) is 57.5 Å². The van der Waals surface area contributed by atoms with Gasteiger partial charge < -0.3 is 10.2 Å². The third kappa shape index (κ3) is 3.93. The number of benzene rings is 2. The Kier molecular flexibility index (Phi) is 4.91. The highest BCUT2D eigenvalue weighted by Crippen LogP contribution is 2.18. The van der Waals surface area contributed by atoms with Gasteiger partial charge in [-0.2, -0.15) is 0 Å². The Hall–Kier alpha value is -2.13. The monoisotopic (exact) mass is 270 g/mol. The summed E-state index contributed by atoms with van der Waals surface area (Å²) in [6.07, 6.45) is -0.262. The van der Waals surface area contributed by atoms with E-state index in [0.717, 1.165) is 11.1 Å². The molecule has 2 aromatic rings. The summed E-state index contributed by atoms with van der Waals surface area (Å²) in [5.74, 6) is -1.50. The lowest BCUT2D eigenvalue weighted by Gasteiger charge is -2.20. The average molecular weight is 270 g/mol. The fourth-order valence-corrected chi connectivity index (χ4v) is 2.33. The number of carboxylic acid groups (broad SMARTS) is 1. The molecule has 2 N–H and O–H groups in total. The first-order chi connectivity index (χ1) is 9.66. The van der Waals surface area contributed by atoms with E-state index in [1.807, 2.05) is 60.7 Å². The van der Waals surface area contributed by atoms with Crippen molar-refractivity contribution in [3.05, 3.63) is 71.8 Å². The van der Waals surface area contributed by atoms with Crippen LogP contribution >= 0.6 is 0 Å². The SMILES string of the molecule is O=C(O)C(O)C(Cc1ccccc1)Cc1ccccc1. The Morgan fingerprint density at radius 2 is 1.25 bits per heavy atom. The van der Waals surface area contributed by atoms with E-state index in [1.165, 1.54) is 0 Å². The molecule has 0 aliphatic heterocycles. The fraction of sp³-hybridized carbons (Fsp3) is 0.235. The molecule has 0 saturated carbocycles. The summed E-state index contributed by atoms with van der Waals surface area (Å²) in [5, 5.41) is 19.0. The highest BCUT2D eigenvalue weighted by molar-refractivity contribution is 5.72. The third-order valence-corrected chi connectivity index (χ3v) is 3.38. The van der Waals surface area contributed by atoms with Gasteiger partial charge in [0.2, 0.25) is 0 Å².